The maximum atomic E-state index is 13.3. The average Bonchev–Trinajstić information content (AvgIpc) is 3.27. The molecule has 3 aromatic rings. The first-order valence-corrected chi connectivity index (χ1v) is 11.0. The molecule has 3 heterocycles. The van der Waals surface area contributed by atoms with Crippen LogP contribution in [0, 0.1) is 6.92 Å². The fourth-order valence-corrected chi connectivity index (χ4v) is 5.13. The van der Waals surface area contributed by atoms with Crippen LogP contribution in [0.3, 0.4) is 0 Å². The van der Waals surface area contributed by atoms with E-state index in [0.717, 1.165) is 58.5 Å². The third-order valence-electron chi connectivity index (χ3n) is 6.89. The molecular weight excluding hydrogens is 392 g/mol. The van der Waals surface area contributed by atoms with Gasteiger partial charge in [-0.3, -0.25) is 14.8 Å². The normalized spacial score (nSPS) is 17.8. The Balaban J connectivity index is 1.71. The van der Waals surface area contributed by atoms with Crippen LogP contribution < -0.4 is 4.90 Å². The maximum Gasteiger partial charge on any atom is 0.328 e. The molecule has 2 aliphatic rings. The van der Waals surface area contributed by atoms with Gasteiger partial charge in [-0.05, 0) is 77.1 Å². The topological polar surface area (TPSA) is 91.1 Å². The number of nitrogens with one attached hydrogen (secondary N) is 2. The first-order chi connectivity index (χ1) is 14.8. The van der Waals surface area contributed by atoms with Gasteiger partial charge in [0, 0.05) is 27.8 Å². The lowest BCUT2D eigenvalue weighted by atomic mass is 9.85. The third kappa shape index (κ3) is 2.68. The number of aryl methyl sites for hydroxylation is 2. The predicted octanol–water partition coefficient (Wildman–Crippen LogP) is 3.93. The Kier molecular flexibility index (Phi) is 4.29. The van der Waals surface area contributed by atoms with Crippen LogP contribution in [-0.2, 0) is 32.6 Å². The molecule has 1 amide bonds. The SMILES string of the molecule is CCOC(=O)C(C)N1C(=O)C(C)(C)c2cc3[nH]c4c(c3cc21)CCCc1c-4n[nH]c1C. The number of hydrogen-bond acceptors (Lipinski definition) is 4. The summed E-state index contributed by atoms with van der Waals surface area (Å²) < 4.78 is 5.22. The molecule has 2 N–H and O–H groups in total. The second kappa shape index (κ2) is 6.70. The van der Waals surface area contributed by atoms with Crippen molar-refractivity contribution in [1.29, 1.82) is 0 Å². The molecule has 31 heavy (non-hydrogen) atoms. The molecule has 0 saturated carbocycles. The molecule has 0 saturated heterocycles. The van der Waals surface area contributed by atoms with Gasteiger partial charge in [-0.2, -0.15) is 5.10 Å². The standard InChI is InChI=1S/C24H28N4O3/c1-6-31-22(29)13(3)28-19-10-16-15-9-7-8-14-12(2)26-27-21(14)20(15)25-18(16)11-17(19)24(4,5)23(28)30/h10-11,13,25H,6-9H2,1-5H3,(H,26,27). The summed E-state index contributed by atoms with van der Waals surface area (Å²) in [7, 11) is 0. The monoisotopic (exact) mass is 420 g/mol. The number of ether oxygens (including phenoxy) is 1. The molecule has 1 aliphatic heterocycles. The Morgan fingerprint density at radius 2 is 2.03 bits per heavy atom. The minimum atomic E-state index is -0.721. The van der Waals surface area contributed by atoms with Gasteiger partial charge in [0.2, 0.25) is 5.91 Å². The van der Waals surface area contributed by atoms with Crippen molar-refractivity contribution in [3.63, 3.8) is 0 Å². The van der Waals surface area contributed by atoms with Crippen molar-refractivity contribution >= 4 is 28.5 Å². The highest BCUT2D eigenvalue weighted by Gasteiger charge is 2.47. The number of aromatic amines is 2. The number of aromatic nitrogens is 3. The molecule has 1 aliphatic carbocycles. The predicted molar refractivity (Wildman–Crippen MR) is 119 cm³/mol. The van der Waals surface area contributed by atoms with Gasteiger partial charge in [0.1, 0.15) is 11.7 Å². The van der Waals surface area contributed by atoms with E-state index in [1.165, 1.54) is 11.1 Å². The number of esters is 1. The van der Waals surface area contributed by atoms with E-state index in [1.807, 2.05) is 13.8 Å². The van der Waals surface area contributed by atoms with Crippen LogP contribution in [-0.4, -0.2) is 39.7 Å². The van der Waals surface area contributed by atoms with Crippen LogP contribution in [0.4, 0.5) is 5.69 Å². The highest BCUT2D eigenvalue weighted by Crippen LogP contribution is 2.47. The van der Waals surface area contributed by atoms with Gasteiger partial charge in [0.15, 0.2) is 0 Å². The van der Waals surface area contributed by atoms with Crippen LogP contribution >= 0.6 is 0 Å². The van der Waals surface area contributed by atoms with Crippen molar-refractivity contribution in [3.8, 4) is 11.4 Å². The molecule has 1 aromatic carbocycles. The highest BCUT2D eigenvalue weighted by molar-refractivity contribution is 6.13. The Bertz CT molecular complexity index is 1230. The number of carbonyl (C=O) groups excluding carboxylic acids is 2. The molecule has 0 fully saturated rings. The summed E-state index contributed by atoms with van der Waals surface area (Å²) in [4.78, 5) is 31.0. The van der Waals surface area contributed by atoms with E-state index in [4.69, 9.17) is 4.74 Å². The summed E-state index contributed by atoms with van der Waals surface area (Å²) in [5, 5.41) is 8.80. The number of amides is 1. The van der Waals surface area contributed by atoms with Gasteiger partial charge in [0.25, 0.3) is 0 Å². The number of rotatable bonds is 3. The third-order valence-corrected chi connectivity index (χ3v) is 6.89. The Hall–Kier alpha value is -3.09. The van der Waals surface area contributed by atoms with Crippen molar-refractivity contribution in [3.05, 3.63) is 34.5 Å². The second-order valence-electron chi connectivity index (χ2n) is 9.15. The number of anilines is 1. The van der Waals surface area contributed by atoms with Crippen molar-refractivity contribution in [2.24, 2.45) is 0 Å². The van der Waals surface area contributed by atoms with Crippen LogP contribution in [0.2, 0.25) is 0 Å². The fourth-order valence-electron chi connectivity index (χ4n) is 5.13. The van der Waals surface area contributed by atoms with E-state index in [9.17, 15) is 9.59 Å². The number of carbonyl (C=O) groups is 2. The number of benzene rings is 1. The van der Waals surface area contributed by atoms with E-state index in [0.29, 0.717) is 0 Å². The first kappa shape index (κ1) is 19.8. The van der Waals surface area contributed by atoms with Gasteiger partial charge in [-0.15, -0.1) is 0 Å². The van der Waals surface area contributed by atoms with E-state index in [2.05, 4.69) is 34.2 Å². The Labute approximate surface area is 181 Å². The van der Waals surface area contributed by atoms with Crippen LogP contribution in [0.1, 0.15) is 56.5 Å². The summed E-state index contributed by atoms with van der Waals surface area (Å²) >= 11 is 0. The largest absolute Gasteiger partial charge is 0.464 e. The van der Waals surface area contributed by atoms with Crippen molar-refractivity contribution < 1.29 is 14.3 Å². The van der Waals surface area contributed by atoms with E-state index in [1.54, 1.807) is 18.7 Å². The summed E-state index contributed by atoms with van der Waals surface area (Å²) in [6, 6.07) is 3.48. The zero-order chi connectivity index (χ0) is 22.1. The fraction of sp³-hybridized carbons (Fsp3) is 0.458. The maximum absolute atomic E-state index is 13.3. The van der Waals surface area contributed by atoms with E-state index >= 15 is 0 Å². The summed E-state index contributed by atoms with van der Waals surface area (Å²) in [5.41, 5.74) is 7.67. The van der Waals surface area contributed by atoms with E-state index < -0.39 is 11.5 Å². The Morgan fingerprint density at radius 3 is 2.77 bits per heavy atom. The minimum Gasteiger partial charge on any atom is -0.464 e. The van der Waals surface area contributed by atoms with Crippen molar-refractivity contribution in [2.75, 3.05) is 11.5 Å². The lowest BCUT2D eigenvalue weighted by Crippen LogP contribution is -2.46. The van der Waals surface area contributed by atoms with Gasteiger partial charge in [0.05, 0.1) is 17.7 Å². The number of hydrogen-bond donors (Lipinski definition) is 2. The van der Waals surface area contributed by atoms with Crippen molar-refractivity contribution in [1.82, 2.24) is 15.2 Å². The zero-order valence-corrected chi connectivity index (χ0v) is 18.7. The molecule has 5 rings (SSSR count). The summed E-state index contributed by atoms with van der Waals surface area (Å²) in [6.45, 7) is 9.70. The van der Waals surface area contributed by atoms with Crippen molar-refractivity contribution in [2.45, 2.75) is 65.3 Å². The van der Waals surface area contributed by atoms with Crippen LogP contribution in [0.15, 0.2) is 12.1 Å². The Morgan fingerprint density at radius 1 is 1.29 bits per heavy atom. The lowest BCUT2D eigenvalue weighted by Gasteiger charge is -2.25. The highest BCUT2D eigenvalue weighted by atomic mass is 16.5. The van der Waals surface area contributed by atoms with Crippen LogP contribution in [0.5, 0.6) is 0 Å². The van der Waals surface area contributed by atoms with Gasteiger partial charge in [-0.1, -0.05) is 0 Å². The second-order valence-corrected chi connectivity index (χ2v) is 9.15. The first-order valence-electron chi connectivity index (χ1n) is 11.0. The summed E-state index contributed by atoms with van der Waals surface area (Å²) in [5.74, 6) is -0.462. The molecule has 0 radical (unpaired) electrons. The molecule has 162 valence electrons. The van der Waals surface area contributed by atoms with E-state index in [-0.39, 0.29) is 18.5 Å². The molecule has 1 unspecified atom stereocenters. The number of fused-ring (bicyclic) bond motifs is 6. The summed E-state index contributed by atoms with van der Waals surface area (Å²) in [6.07, 6.45) is 2.97. The molecule has 2 aromatic heterocycles. The number of nitrogens with zero attached hydrogens (tertiary/aromatic N) is 2. The number of H-pyrrole nitrogens is 2. The van der Waals surface area contributed by atoms with Gasteiger partial charge >= 0.3 is 5.97 Å². The molecule has 1 atom stereocenters. The van der Waals surface area contributed by atoms with Crippen LogP contribution in [0.25, 0.3) is 22.3 Å². The molecule has 7 heteroatoms. The molecule has 7 nitrogen and oxygen atoms in total. The van der Waals surface area contributed by atoms with Gasteiger partial charge in [-0.25, -0.2) is 4.79 Å². The smallest absolute Gasteiger partial charge is 0.328 e. The van der Waals surface area contributed by atoms with Gasteiger partial charge < -0.3 is 9.72 Å². The minimum absolute atomic E-state index is 0.0768. The molecular formula is C24H28N4O3. The lowest BCUT2D eigenvalue weighted by molar-refractivity contribution is -0.145. The quantitative estimate of drug-likeness (QED) is 0.628. The molecule has 0 bridgehead atoms. The zero-order valence-electron chi connectivity index (χ0n) is 18.7. The molecule has 0 spiro atoms. The average molecular weight is 421 g/mol.